The summed E-state index contributed by atoms with van der Waals surface area (Å²) in [5, 5.41) is 3.50. The van der Waals surface area contributed by atoms with Gasteiger partial charge in [0, 0.05) is 19.2 Å². The molecule has 0 heterocycles. The summed E-state index contributed by atoms with van der Waals surface area (Å²) < 4.78 is 19.1. The SMILES string of the molecule is CCOCC(CNC1CC1)Cc1ccccc1F. The molecule has 0 aliphatic heterocycles. The van der Waals surface area contributed by atoms with Gasteiger partial charge in [0.15, 0.2) is 0 Å². The van der Waals surface area contributed by atoms with Crippen LogP contribution in [-0.4, -0.2) is 25.8 Å². The third-order valence-electron chi connectivity index (χ3n) is 3.30. The Bertz CT molecular complexity index is 365. The van der Waals surface area contributed by atoms with E-state index in [2.05, 4.69) is 5.32 Å². The molecule has 1 aliphatic rings. The molecule has 1 unspecified atom stereocenters. The predicted octanol–water partition coefficient (Wildman–Crippen LogP) is 2.77. The minimum absolute atomic E-state index is 0.106. The maximum Gasteiger partial charge on any atom is 0.126 e. The first kappa shape index (κ1) is 13.5. The molecule has 2 rings (SSSR count). The van der Waals surface area contributed by atoms with Crippen LogP contribution in [0.3, 0.4) is 0 Å². The zero-order chi connectivity index (χ0) is 12.8. The zero-order valence-electron chi connectivity index (χ0n) is 11.0. The first-order valence-electron chi connectivity index (χ1n) is 6.84. The summed E-state index contributed by atoms with van der Waals surface area (Å²) in [6, 6.07) is 7.71. The van der Waals surface area contributed by atoms with Crippen LogP contribution in [0.4, 0.5) is 4.39 Å². The van der Waals surface area contributed by atoms with E-state index < -0.39 is 0 Å². The van der Waals surface area contributed by atoms with Gasteiger partial charge in [0.2, 0.25) is 0 Å². The monoisotopic (exact) mass is 251 g/mol. The molecule has 0 aromatic heterocycles. The van der Waals surface area contributed by atoms with Crippen molar-refractivity contribution in [2.24, 2.45) is 5.92 Å². The zero-order valence-corrected chi connectivity index (χ0v) is 11.0. The van der Waals surface area contributed by atoms with Gasteiger partial charge in [0.25, 0.3) is 0 Å². The van der Waals surface area contributed by atoms with Crippen LogP contribution in [0.2, 0.25) is 0 Å². The van der Waals surface area contributed by atoms with E-state index in [-0.39, 0.29) is 5.82 Å². The van der Waals surface area contributed by atoms with Crippen molar-refractivity contribution in [3.05, 3.63) is 35.6 Å². The highest BCUT2D eigenvalue weighted by Crippen LogP contribution is 2.20. The number of nitrogens with one attached hydrogen (secondary N) is 1. The summed E-state index contributed by atoms with van der Waals surface area (Å²) in [7, 11) is 0. The van der Waals surface area contributed by atoms with Crippen LogP contribution in [0.25, 0.3) is 0 Å². The summed E-state index contributed by atoms with van der Waals surface area (Å²) in [6.45, 7) is 4.33. The lowest BCUT2D eigenvalue weighted by Gasteiger charge is -2.18. The highest BCUT2D eigenvalue weighted by molar-refractivity contribution is 5.17. The molecular formula is C15H22FNO. The molecule has 0 radical (unpaired) electrons. The molecule has 0 amide bonds. The lowest BCUT2D eigenvalue weighted by Crippen LogP contribution is -2.29. The predicted molar refractivity (Wildman–Crippen MR) is 71.1 cm³/mol. The summed E-state index contributed by atoms with van der Waals surface area (Å²) in [5.74, 6) is 0.243. The van der Waals surface area contributed by atoms with Crippen molar-refractivity contribution in [3.8, 4) is 0 Å². The third kappa shape index (κ3) is 4.39. The fourth-order valence-corrected chi connectivity index (χ4v) is 2.07. The summed E-state index contributed by atoms with van der Waals surface area (Å²) >= 11 is 0. The largest absolute Gasteiger partial charge is 0.381 e. The van der Waals surface area contributed by atoms with Gasteiger partial charge in [-0.15, -0.1) is 0 Å². The van der Waals surface area contributed by atoms with E-state index in [1.165, 1.54) is 18.9 Å². The van der Waals surface area contributed by atoms with Crippen molar-refractivity contribution in [1.29, 1.82) is 0 Å². The lowest BCUT2D eigenvalue weighted by molar-refractivity contribution is 0.109. The van der Waals surface area contributed by atoms with Crippen molar-refractivity contribution in [3.63, 3.8) is 0 Å². The first-order valence-corrected chi connectivity index (χ1v) is 6.84. The molecule has 1 fully saturated rings. The molecule has 0 saturated heterocycles. The number of halogens is 1. The van der Waals surface area contributed by atoms with Gasteiger partial charge in [-0.3, -0.25) is 0 Å². The Labute approximate surface area is 109 Å². The third-order valence-corrected chi connectivity index (χ3v) is 3.30. The quantitative estimate of drug-likeness (QED) is 0.767. The van der Waals surface area contributed by atoms with E-state index in [4.69, 9.17) is 4.74 Å². The summed E-state index contributed by atoms with van der Waals surface area (Å²) in [4.78, 5) is 0. The van der Waals surface area contributed by atoms with Crippen LogP contribution in [0.5, 0.6) is 0 Å². The second-order valence-electron chi connectivity index (χ2n) is 5.00. The Hall–Kier alpha value is -0.930. The molecule has 1 aromatic carbocycles. The van der Waals surface area contributed by atoms with Crippen LogP contribution < -0.4 is 5.32 Å². The van der Waals surface area contributed by atoms with Crippen LogP contribution >= 0.6 is 0 Å². The Morgan fingerprint density at radius 1 is 1.39 bits per heavy atom. The fourth-order valence-electron chi connectivity index (χ4n) is 2.07. The van der Waals surface area contributed by atoms with E-state index in [0.29, 0.717) is 18.6 Å². The maximum atomic E-state index is 13.6. The molecule has 3 heteroatoms. The normalized spacial score (nSPS) is 16.8. The van der Waals surface area contributed by atoms with Gasteiger partial charge in [0.1, 0.15) is 5.82 Å². The molecular weight excluding hydrogens is 229 g/mol. The average molecular weight is 251 g/mol. The van der Waals surface area contributed by atoms with Crippen LogP contribution in [0, 0.1) is 11.7 Å². The molecule has 100 valence electrons. The van der Waals surface area contributed by atoms with Gasteiger partial charge in [-0.25, -0.2) is 4.39 Å². The standard InChI is InChI=1S/C15H22FNO/c1-2-18-11-12(10-17-14-7-8-14)9-13-5-3-4-6-15(13)16/h3-6,12,14,17H,2,7-11H2,1H3. The molecule has 1 atom stereocenters. The van der Waals surface area contributed by atoms with Gasteiger partial charge in [0.05, 0.1) is 6.61 Å². The number of hydrogen-bond acceptors (Lipinski definition) is 2. The van der Waals surface area contributed by atoms with Crippen molar-refractivity contribution in [2.45, 2.75) is 32.2 Å². The van der Waals surface area contributed by atoms with Gasteiger partial charge < -0.3 is 10.1 Å². The molecule has 1 saturated carbocycles. The maximum absolute atomic E-state index is 13.6. The van der Waals surface area contributed by atoms with E-state index in [9.17, 15) is 4.39 Å². The average Bonchev–Trinajstić information content (AvgIpc) is 3.19. The Morgan fingerprint density at radius 2 is 2.17 bits per heavy atom. The second-order valence-corrected chi connectivity index (χ2v) is 5.00. The molecule has 1 aliphatic carbocycles. The Kier molecular flexibility index (Phi) is 5.14. The highest BCUT2D eigenvalue weighted by Gasteiger charge is 2.22. The van der Waals surface area contributed by atoms with E-state index >= 15 is 0 Å². The van der Waals surface area contributed by atoms with Crippen molar-refractivity contribution in [2.75, 3.05) is 19.8 Å². The number of rotatable bonds is 8. The van der Waals surface area contributed by atoms with Gasteiger partial charge in [-0.2, -0.15) is 0 Å². The topological polar surface area (TPSA) is 21.3 Å². The van der Waals surface area contributed by atoms with E-state index in [1.54, 1.807) is 6.07 Å². The minimum Gasteiger partial charge on any atom is -0.381 e. The van der Waals surface area contributed by atoms with Crippen LogP contribution in [0.15, 0.2) is 24.3 Å². The minimum atomic E-state index is -0.106. The van der Waals surface area contributed by atoms with Crippen molar-refractivity contribution < 1.29 is 9.13 Å². The molecule has 2 nitrogen and oxygen atoms in total. The first-order chi connectivity index (χ1) is 8.79. The Balaban J connectivity index is 1.87. The molecule has 1 aromatic rings. The lowest BCUT2D eigenvalue weighted by atomic mass is 9.99. The van der Waals surface area contributed by atoms with Gasteiger partial charge >= 0.3 is 0 Å². The Morgan fingerprint density at radius 3 is 2.83 bits per heavy atom. The smallest absolute Gasteiger partial charge is 0.126 e. The van der Waals surface area contributed by atoms with E-state index in [1.807, 2.05) is 19.1 Å². The van der Waals surface area contributed by atoms with E-state index in [0.717, 1.165) is 25.1 Å². The summed E-state index contributed by atoms with van der Waals surface area (Å²) in [6.07, 6.45) is 3.30. The van der Waals surface area contributed by atoms with Crippen molar-refractivity contribution >= 4 is 0 Å². The number of ether oxygens (including phenoxy) is 1. The van der Waals surface area contributed by atoms with Crippen molar-refractivity contribution in [1.82, 2.24) is 5.32 Å². The molecule has 0 bridgehead atoms. The van der Waals surface area contributed by atoms with Crippen LogP contribution in [-0.2, 0) is 11.2 Å². The molecule has 1 N–H and O–H groups in total. The van der Waals surface area contributed by atoms with Crippen LogP contribution in [0.1, 0.15) is 25.3 Å². The van der Waals surface area contributed by atoms with Gasteiger partial charge in [-0.05, 0) is 43.7 Å². The second kappa shape index (κ2) is 6.86. The molecule has 0 spiro atoms. The number of benzene rings is 1. The van der Waals surface area contributed by atoms with Gasteiger partial charge in [-0.1, -0.05) is 18.2 Å². The molecule has 18 heavy (non-hydrogen) atoms. The number of hydrogen-bond donors (Lipinski definition) is 1. The highest BCUT2D eigenvalue weighted by atomic mass is 19.1. The summed E-state index contributed by atoms with van der Waals surface area (Å²) in [5.41, 5.74) is 0.791. The fraction of sp³-hybridized carbons (Fsp3) is 0.600.